The normalized spacial score (nSPS) is 11.5. The van der Waals surface area contributed by atoms with Crippen molar-refractivity contribution in [3.8, 4) is 33.4 Å². The van der Waals surface area contributed by atoms with Crippen molar-refractivity contribution in [3.63, 3.8) is 0 Å². The van der Waals surface area contributed by atoms with E-state index in [1.54, 1.807) is 0 Å². The van der Waals surface area contributed by atoms with E-state index in [2.05, 4.69) is 158 Å². The van der Waals surface area contributed by atoms with Gasteiger partial charge in [0.15, 0.2) is 0 Å². The zero-order chi connectivity index (χ0) is 28.5. The first-order chi connectivity index (χ1) is 20.7. The van der Waals surface area contributed by atoms with Crippen LogP contribution in [0, 0.1) is 0 Å². The van der Waals surface area contributed by atoms with Crippen LogP contribution in [0.25, 0.3) is 65.7 Å². The molecule has 0 radical (unpaired) electrons. The maximum Gasteiger partial charge on any atom is -0.00262 e. The smallest absolute Gasteiger partial charge is 0.00262 e. The highest BCUT2D eigenvalue weighted by Gasteiger charge is 2.16. The molecular weight excluding hydrogens is 504 g/mol. The predicted molar refractivity (Wildman–Crippen MR) is 183 cm³/mol. The fourth-order valence-electron chi connectivity index (χ4n) is 6.17. The van der Waals surface area contributed by atoms with E-state index in [1.165, 1.54) is 71.3 Å². The van der Waals surface area contributed by atoms with Gasteiger partial charge in [-0.05, 0) is 96.7 Å². The summed E-state index contributed by atoms with van der Waals surface area (Å²) in [6.45, 7) is 5.97. The molecule has 0 heteroatoms. The summed E-state index contributed by atoms with van der Waals surface area (Å²) in [7, 11) is 0. The first kappa shape index (κ1) is 25.7. The molecule has 0 aromatic heterocycles. The van der Waals surface area contributed by atoms with Gasteiger partial charge in [-0.2, -0.15) is 0 Å². The fraction of sp³-hybridized carbons (Fsp3) is 0.0476. The van der Waals surface area contributed by atoms with Gasteiger partial charge in [0.2, 0.25) is 0 Å². The van der Waals surface area contributed by atoms with Crippen LogP contribution in [0.15, 0.2) is 164 Å². The number of rotatable bonds is 6. The Labute approximate surface area is 247 Å². The van der Waals surface area contributed by atoms with Crippen LogP contribution >= 0.6 is 0 Å². The summed E-state index contributed by atoms with van der Waals surface area (Å²) in [5, 5.41) is 7.62. The maximum atomic E-state index is 3.95. The number of allylic oxidation sites excluding steroid dienone is 3. The van der Waals surface area contributed by atoms with E-state index in [1.807, 2.05) is 6.92 Å². The lowest BCUT2D eigenvalue weighted by Gasteiger charge is -2.18. The van der Waals surface area contributed by atoms with E-state index in [4.69, 9.17) is 0 Å². The molecule has 0 N–H and O–H groups in total. The Kier molecular flexibility index (Phi) is 6.74. The third-order valence-electron chi connectivity index (χ3n) is 8.17. The van der Waals surface area contributed by atoms with Crippen LogP contribution in [0.1, 0.15) is 12.5 Å². The molecule has 0 nitrogen and oxygen atoms in total. The molecule has 7 rings (SSSR count). The predicted octanol–water partition coefficient (Wildman–Crippen LogP) is 11.8. The molecule has 42 heavy (non-hydrogen) atoms. The van der Waals surface area contributed by atoms with Gasteiger partial charge in [-0.3, -0.25) is 0 Å². The highest BCUT2D eigenvalue weighted by atomic mass is 14.2. The van der Waals surface area contributed by atoms with E-state index >= 15 is 0 Å². The quantitative estimate of drug-likeness (QED) is 0.146. The number of fused-ring (bicyclic) bond motifs is 3. The molecule has 7 aromatic rings. The van der Waals surface area contributed by atoms with Crippen molar-refractivity contribution in [1.29, 1.82) is 0 Å². The van der Waals surface area contributed by atoms with Gasteiger partial charge in [-0.15, -0.1) is 0 Å². The van der Waals surface area contributed by atoms with Crippen molar-refractivity contribution >= 4 is 32.3 Å². The number of hydrogen-bond acceptors (Lipinski definition) is 0. The molecule has 0 aliphatic rings. The molecule has 0 fully saturated rings. The highest BCUT2D eigenvalue weighted by Crippen LogP contribution is 2.44. The summed E-state index contributed by atoms with van der Waals surface area (Å²) in [6.07, 6.45) is 5.17. The molecule has 7 aromatic carbocycles. The van der Waals surface area contributed by atoms with Crippen molar-refractivity contribution in [3.05, 3.63) is 169 Å². The largest absolute Gasteiger partial charge is 0.0961 e. The number of hydrogen-bond donors (Lipinski definition) is 0. The molecule has 0 unspecified atom stereocenters. The second-order valence-electron chi connectivity index (χ2n) is 11.1. The molecule has 0 atom stereocenters. The molecule has 0 aliphatic heterocycles. The average Bonchev–Trinajstić information content (AvgIpc) is 3.03. The third-order valence-corrected chi connectivity index (χ3v) is 8.17. The Morgan fingerprint density at radius 2 is 1.00 bits per heavy atom. The van der Waals surface area contributed by atoms with Crippen LogP contribution < -0.4 is 0 Å². The second-order valence-corrected chi connectivity index (χ2v) is 11.1. The maximum absolute atomic E-state index is 3.95. The summed E-state index contributed by atoms with van der Waals surface area (Å²) in [5.74, 6) is 0. The van der Waals surface area contributed by atoms with Crippen LogP contribution in [-0.4, -0.2) is 0 Å². The minimum atomic E-state index is 0.916. The number of benzene rings is 7. The van der Waals surface area contributed by atoms with Gasteiger partial charge in [-0.1, -0.05) is 152 Å². The van der Waals surface area contributed by atoms with E-state index < -0.39 is 0 Å². The van der Waals surface area contributed by atoms with Crippen molar-refractivity contribution in [1.82, 2.24) is 0 Å². The van der Waals surface area contributed by atoms with E-state index in [-0.39, 0.29) is 0 Å². The van der Waals surface area contributed by atoms with Crippen LogP contribution in [0.5, 0.6) is 0 Å². The highest BCUT2D eigenvalue weighted by molar-refractivity contribution is 6.21. The first-order valence-electron chi connectivity index (χ1n) is 14.6. The summed E-state index contributed by atoms with van der Waals surface area (Å²) < 4.78 is 0. The molecule has 0 aliphatic carbocycles. The summed E-state index contributed by atoms with van der Waals surface area (Å²) in [4.78, 5) is 0. The molecule has 0 amide bonds. The molecule has 0 heterocycles. The van der Waals surface area contributed by atoms with Crippen molar-refractivity contribution in [2.75, 3.05) is 0 Å². The van der Waals surface area contributed by atoms with Gasteiger partial charge in [-0.25, -0.2) is 0 Å². The minimum absolute atomic E-state index is 0.916. The van der Waals surface area contributed by atoms with E-state index in [9.17, 15) is 0 Å². The zero-order valence-corrected chi connectivity index (χ0v) is 23.8. The lowest BCUT2D eigenvalue weighted by Crippen LogP contribution is -1.91. The lowest BCUT2D eigenvalue weighted by molar-refractivity contribution is 1.26. The van der Waals surface area contributed by atoms with Crippen LogP contribution in [0.4, 0.5) is 0 Å². The molecule has 0 spiro atoms. The standard InChI is InChI=1S/C42H32/c1-29(2)11-10-12-30-19-21-31(22-20-30)34-25-23-32-24-26-35(28-36(32)27-34)42-39-17-8-6-15-37(39)41(33-13-4-3-5-14-33)38-16-7-9-18-40(38)42/h3-11,13-28H,1,12H2,2H3/b11-10-. The Bertz CT molecular complexity index is 2050. The Morgan fingerprint density at radius 1 is 0.500 bits per heavy atom. The average molecular weight is 537 g/mol. The summed E-state index contributed by atoms with van der Waals surface area (Å²) in [5.41, 5.74) is 9.93. The van der Waals surface area contributed by atoms with Crippen molar-refractivity contribution in [2.24, 2.45) is 0 Å². The van der Waals surface area contributed by atoms with E-state index in [0.717, 1.165) is 12.0 Å². The van der Waals surface area contributed by atoms with E-state index in [0.29, 0.717) is 0 Å². The summed E-state index contributed by atoms with van der Waals surface area (Å²) >= 11 is 0. The molecule has 0 saturated heterocycles. The molecular formula is C42H32. The lowest BCUT2D eigenvalue weighted by atomic mass is 9.85. The van der Waals surface area contributed by atoms with Crippen LogP contribution in [-0.2, 0) is 6.42 Å². The second kappa shape index (κ2) is 11.0. The van der Waals surface area contributed by atoms with Gasteiger partial charge < -0.3 is 0 Å². The fourth-order valence-corrected chi connectivity index (χ4v) is 6.17. The van der Waals surface area contributed by atoms with Gasteiger partial charge >= 0.3 is 0 Å². The Balaban J connectivity index is 1.36. The summed E-state index contributed by atoms with van der Waals surface area (Å²) in [6, 6.07) is 51.1. The van der Waals surface area contributed by atoms with Crippen molar-refractivity contribution in [2.45, 2.75) is 13.3 Å². The van der Waals surface area contributed by atoms with Crippen LogP contribution in [0.2, 0.25) is 0 Å². The first-order valence-corrected chi connectivity index (χ1v) is 14.6. The molecule has 0 saturated carbocycles. The monoisotopic (exact) mass is 536 g/mol. The SMILES string of the molecule is C=C(C)/C=C\Cc1ccc(-c2ccc3ccc(-c4c5ccccc5c(-c5ccccc5)c5ccccc45)cc3c2)cc1. The van der Waals surface area contributed by atoms with Crippen LogP contribution in [0.3, 0.4) is 0 Å². The third kappa shape index (κ3) is 4.82. The molecule has 0 bridgehead atoms. The van der Waals surface area contributed by atoms with Gasteiger partial charge in [0.1, 0.15) is 0 Å². The Morgan fingerprint density at radius 3 is 1.60 bits per heavy atom. The zero-order valence-electron chi connectivity index (χ0n) is 23.8. The van der Waals surface area contributed by atoms with Gasteiger partial charge in [0.05, 0.1) is 0 Å². The Hall–Kier alpha value is -5.20. The van der Waals surface area contributed by atoms with Crippen molar-refractivity contribution < 1.29 is 0 Å². The van der Waals surface area contributed by atoms with Gasteiger partial charge in [0, 0.05) is 0 Å². The van der Waals surface area contributed by atoms with Gasteiger partial charge in [0.25, 0.3) is 0 Å². The molecule has 200 valence electrons. The topological polar surface area (TPSA) is 0 Å². The minimum Gasteiger partial charge on any atom is -0.0961 e.